The minimum absolute atomic E-state index is 0.212. The lowest BCUT2D eigenvalue weighted by molar-refractivity contribution is 0.0594. The highest BCUT2D eigenvalue weighted by Crippen LogP contribution is 2.23. The largest absolute Gasteiger partial charge is 0.464 e. The first-order chi connectivity index (χ1) is 9.51. The highest BCUT2D eigenvalue weighted by Gasteiger charge is 2.17. The van der Waals surface area contributed by atoms with Crippen LogP contribution in [0.2, 0.25) is 5.02 Å². The summed E-state index contributed by atoms with van der Waals surface area (Å²) in [6.07, 6.45) is 0. The zero-order chi connectivity index (χ0) is 14.7. The molecule has 104 valence electrons. The van der Waals surface area contributed by atoms with Crippen molar-refractivity contribution < 1.29 is 14.3 Å². The fourth-order valence-electron chi connectivity index (χ4n) is 1.51. The molecule has 1 aromatic heterocycles. The van der Waals surface area contributed by atoms with Crippen molar-refractivity contribution in [3.63, 3.8) is 0 Å². The molecule has 0 saturated heterocycles. The average Bonchev–Trinajstić information content (AvgIpc) is 2.79. The molecule has 0 spiro atoms. The molecular weight excluding hydrogens is 300 g/mol. The van der Waals surface area contributed by atoms with Crippen LogP contribution in [0, 0.1) is 6.92 Å². The van der Waals surface area contributed by atoms with Gasteiger partial charge in [-0.15, -0.1) is 11.3 Å². The topological polar surface area (TPSA) is 68.3 Å². The maximum atomic E-state index is 12.0. The van der Waals surface area contributed by atoms with Crippen molar-refractivity contribution >= 4 is 39.9 Å². The Morgan fingerprint density at radius 3 is 2.55 bits per heavy atom. The molecular formula is C13H11ClN2O3S. The summed E-state index contributed by atoms with van der Waals surface area (Å²) in [5.41, 5.74) is 0.672. The summed E-state index contributed by atoms with van der Waals surface area (Å²) in [4.78, 5) is 28.2. The zero-order valence-corrected chi connectivity index (χ0v) is 12.3. The molecule has 1 aromatic carbocycles. The van der Waals surface area contributed by atoms with Crippen LogP contribution in [0.1, 0.15) is 25.7 Å². The number of ether oxygens (including phenoxy) is 1. The Morgan fingerprint density at radius 1 is 1.30 bits per heavy atom. The van der Waals surface area contributed by atoms with E-state index in [1.807, 2.05) is 0 Å². The van der Waals surface area contributed by atoms with E-state index in [2.05, 4.69) is 15.0 Å². The first-order valence-electron chi connectivity index (χ1n) is 5.64. The first-order valence-corrected chi connectivity index (χ1v) is 6.83. The maximum absolute atomic E-state index is 12.0. The maximum Gasteiger partial charge on any atom is 0.357 e. The molecule has 0 aliphatic rings. The summed E-state index contributed by atoms with van der Waals surface area (Å²) in [5, 5.41) is 3.54. The number of aromatic nitrogens is 1. The van der Waals surface area contributed by atoms with E-state index in [9.17, 15) is 9.59 Å². The van der Waals surface area contributed by atoms with Crippen LogP contribution in [0.25, 0.3) is 0 Å². The zero-order valence-electron chi connectivity index (χ0n) is 10.8. The molecule has 20 heavy (non-hydrogen) atoms. The van der Waals surface area contributed by atoms with Crippen molar-refractivity contribution in [3.05, 3.63) is 45.4 Å². The van der Waals surface area contributed by atoms with Crippen LogP contribution >= 0.6 is 22.9 Å². The average molecular weight is 311 g/mol. The van der Waals surface area contributed by atoms with E-state index in [-0.39, 0.29) is 11.6 Å². The van der Waals surface area contributed by atoms with Crippen molar-refractivity contribution in [2.75, 3.05) is 12.4 Å². The summed E-state index contributed by atoms with van der Waals surface area (Å²) < 4.78 is 4.61. The first kappa shape index (κ1) is 14.5. The number of rotatable bonds is 3. The summed E-state index contributed by atoms with van der Waals surface area (Å²) in [7, 11) is 1.28. The van der Waals surface area contributed by atoms with Gasteiger partial charge in [0.25, 0.3) is 5.91 Å². The van der Waals surface area contributed by atoms with E-state index in [4.69, 9.17) is 11.6 Å². The second-order valence-corrected chi connectivity index (χ2v) is 5.52. The number of anilines is 1. The highest BCUT2D eigenvalue weighted by molar-refractivity contribution is 7.16. The number of carbonyl (C=O) groups is 2. The van der Waals surface area contributed by atoms with Crippen LogP contribution in [0.3, 0.4) is 0 Å². The van der Waals surface area contributed by atoms with Gasteiger partial charge in [-0.3, -0.25) is 10.1 Å². The third kappa shape index (κ3) is 3.15. The number of amides is 1. The Hall–Kier alpha value is -1.92. The molecule has 7 heteroatoms. The van der Waals surface area contributed by atoms with Crippen molar-refractivity contribution in [2.45, 2.75) is 6.92 Å². The fourth-order valence-corrected chi connectivity index (χ4v) is 2.43. The van der Waals surface area contributed by atoms with Crippen LogP contribution < -0.4 is 5.32 Å². The molecule has 1 amide bonds. The van der Waals surface area contributed by atoms with Gasteiger partial charge in [-0.05, 0) is 31.2 Å². The predicted molar refractivity (Wildman–Crippen MR) is 77.6 cm³/mol. The lowest BCUT2D eigenvalue weighted by Gasteiger charge is -2.01. The molecule has 2 aromatic rings. The summed E-state index contributed by atoms with van der Waals surface area (Å²) in [5.74, 6) is -0.836. The van der Waals surface area contributed by atoms with Gasteiger partial charge in [0.1, 0.15) is 0 Å². The van der Waals surface area contributed by atoms with E-state index < -0.39 is 5.97 Å². The van der Waals surface area contributed by atoms with Crippen LogP contribution in [-0.4, -0.2) is 24.0 Å². The summed E-state index contributed by atoms with van der Waals surface area (Å²) in [6.45, 7) is 1.74. The summed E-state index contributed by atoms with van der Waals surface area (Å²) >= 11 is 6.97. The van der Waals surface area contributed by atoms with Crippen molar-refractivity contribution in [2.24, 2.45) is 0 Å². The number of hydrogen-bond acceptors (Lipinski definition) is 5. The number of methoxy groups -OCH3 is 1. The van der Waals surface area contributed by atoms with Gasteiger partial charge in [0, 0.05) is 15.5 Å². The number of nitrogens with zero attached hydrogens (tertiary/aromatic N) is 1. The summed E-state index contributed by atoms with van der Waals surface area (Å²) in [6, 6.07) is 6.48. The lowest BCUT2D eigenvalue weighted by Crippen LogP contribution is -2.12. The van der Waals surface area contributed by atoms with Gasteiger partial charge in [0.05, 0.1) is 7.11 Å². The Balaban J connectivity index is 2.16. The lowest BCUT2D eigenvalue weighted by atomic mass is 10.2. The van der Waals surface area contributed by atoms with Crippen LogP contribution in [0.15, 0.2) is 24.3 Å². The van der Waals surface area contributed by atoms with Gasteiger partial charge in [-0.1, -0.05) is 11.6 Å². The second kappa shape index (κ2) is 6.02. The van der Waals surface area contributed by atoms with Crippen molar-refractivity contribution in [3.8, 4) is 0 Å². The van der Waals surface area contributed by atoms with Crippen LogP contribution in [0.4, 0.5) is 5.13 Å². The Morgan fingerprint density at radius 2 is 1.95 bits per heavy atom. The number of halogens is 1. The minimum Gasteiger partial charge on any atom is -0.464 e. The van der Waals surface area contributed by atoms with Gasteiger partial charge in [0.2, 0.25) is 0 Å². The molecule has 0 radical (unpaired) electrons. The Labute approximate surface area is 124 Å². The number of hydrogen-bond donors (Lipinski definition) is 1. The number of benzene rings is 1. The fraction of sp³-hybridized carbons (Fsp3) is 0.154. The van der Waals surface area contributed by atoms with Crippen molar-refractivity contribution in [1.82, 2.24) is 4.98 Å². The van der Waals surface area contributed by atoms with E-state index in [0.29, 0.717) is 20.6 Å². The normalized spacial score (nSPS) is 10.2. The molecule has 0 bridgehead atoms. The number of thiazole rings is 1. The highest BCUT2D eigenvalue weighted by atomic mass is 35.5. The molecule has 2 rings (SSSR count). The quantitative estimate of drug-likeness (QED) is 0.884. The Kier molecular flexibility index (Phi) is 4.36. The molecule has 0 unspecified atom stereocenters. The predicted octanol–water partition coefficient (Wildman–Crippen LogP) is 3.14. The standard InChI is InChI=1S/C13H11ClN2O3S/c1-7-10(12(18)19-2)15-13(20-7)16-11(17)8-3-5-9(14)6-4-8/h3-6H,1-2H3,(H,15,16,17). The van der Waals surface area contributed by atoms with Gasteiger partial charge in [0.15, 0.2) is 10.8 Å². The Bertz CT molecular complexity index is 652. The third-order valence-corrected chi connectivity index (χ3v) is 3.64. The molecule has 0 fully saturated rings. The van der Waals surface area contributed by atoms with E-state index in [1.54, 1.807) is 31.2 Å². The monoisotopic (exact) mass is 310 g/mol. The molecule has 1 heterocycles. The van der Waals surface area contributed by atoms with E-state index in [0.717, 1.165) is 0 Å². The molecule has 0 aliphatic carbocycles. The second-order valence-electron chi connectivity index (χ2n) is 3.88. The van der Waals surface area contributed by atoms with Gasteiger partial charge in [-0.25, -0.2) is 9.78 Å². The van der Waals surface area contributed by atoms with Crippen LogP contribution in [-0.2, 0) is 4.74 Å². The molecule has 1 N–H and O–H groups in total. The minimum atomic E-state index is -0.522. The van der Waals surface area contributed by atoms with Crippen LogP contribution in [0.5, 0.6) is 0 Å². The van der Waals surface area contributed by atoms with Gasteiger partial charge in [-0.2, -0.15) is 0 Å². The number of aryl methyl sites for hydroxylation is 1. The third-order valence-electron chi connectivity index (χ3n) is 2.50. The number of carbonyl (C=O) groups excluding carboxylic acids is 2. The molecule has 5 nitrogen and oxygen atoms in total. The molecule has 0 saturated carbocycles. The smallest absolute Gasteiger partial charge is 0.357 e. The SMILES string of the molecule is COC(=O)c1nc(NC(=O)c2ccc(Cl)cc2)sc1C. The van der Waals surface area contributed by atoms with Gasteiger partial charge >= 0.3 is 5.97 Å². The van der Waals surface area contributed by atoms with E-state index >= 15 is 0 Å². The van der Waals surface area contributed by atoms with Gasteiger partial charge < -0.3 is 4.74 Å². The van der Waals surface area contributed by atoms with Crippen molar-refractivity contribution in [1.29, 1.82) is 0 Å². The molecule has 0 aliphatic heterocycles. The number of nitrogens with one attached hydrogen (secondary N) is 1. The number of esters is 1. The van der Waals surface area contributed by atoms with E-state index in [1.165, 1.54) is 18.4 Å². The molecule has 0 atom stereocenters.